The minimum atomic E-state index is -0.440. The Morgan fingerprint density at radius 1 is 1.50 bits per heavy atom. The second kappa shape index (κ2) is 3.42. The highest BCUT2D eigenvalue weighted by Crippen LogP contribution is 2.22. The van der Waals surface area contributed by atoms with E-state index in [-0.39, 0.29) is 11.5 Å². The molecule has 0 aromatic carbocycles. The van der Waals surface area contributed by atoms with E-state index in [1.54, 1.807) is 0 Å². The number of aromatic nitrogens is 2. The first kappa shape index (κ1) is 9.21. The van der Waals surface area contributed by atoms with Gasteiger partial charge in [0.25, 0.3) is 5.56 Å². The zero-order valence-electron chi connectivity index (χ0n) is 8.04. The summed E-state index contributed by atoms with van der Waals surface area (Å²) in [4.78, 5) is 29.2. The minimum absolute atomic E-state index is 0.251. The fourth-order valence-corrected chi connectivity index (χ4v) is 1.91. The molecule has 0 amide bonds. The third kappa shape index (κ3) is 1.63. The Labute approximate surface area is 80.8 Å². The van der Waals surface area contributed by atoms with E-state index >= 15 is 0 Å². The van der Waals surface area contributed by atoms with Crippen LogP contribution in [0.15, 0.2) is 15.8 Å². The van der Waals surface area contributed by atoms with Gasteiger partial charge >= 0.3 is 5.69 Å². The second-order valence-electron chi connectivity index (χ2n) is 3.78. The van der Waals surface area contributed by atoms with Crippen molar-refractivity contribution in [2.75, 3.05) is 20.1 Å². The van der Waals surface area contributed by atoms with Crippen LogP contribution in [0.2, 0.25) is 0 Å². The third-order valence-electron chi connectivity index (χ3n) is 2.68. The molecule has 0 spiro atoms. The first-order chi connectivity index (χ1) is 6.66. The van der Waals surface area contributed by atoms with Crippen molar-refractivity contribution in [2.45, 2.75) is 12.3 Å². The van der Waals surface area contributed by atoms with Crippen molar-refractivity contribution >= 4 is 0 Å². The molecule has 5 nitrogen and oxygen atoms in total. The first-order valence-electron chi connectivity index (χ1n) is 4.67. The van der Waals surface area contributed by atoms with Gasteiger partial charge in [0.2, 0.25) is 0 Å². The van der Waals surface area contributed by atoms with Crippen LogP contribution < -0.4 is 11.2 Å². The van der Waals surface area contributed by atoms with E-state index in [0.717, 1.165) is 19.5 Å². The van der Waals surface area contributed by atoms with Crippen LogP contribution in [0.1, 0.15) is 17.9 Å². The summed E-state index contributed by atoms with van der Waals surface area (Å²) in [5, 5.41) is 0. The molecule has 1 aromatic heterocycles. The predicted molar refractivity (Wildman–Crippen MR) is 52.5 cm³/mol. The topological polar surface area (TPSA) is 69.0 Å². The molecular weight excluding hydrogens is 182 g/mol. The maximum Gasteiger partial charge on any atom is 0.325 e. The van der Waals surface area contributed by atoms with E-state index in [1.807, 2.05) is 7.05 Å². The molecule has 2 rings (SSSR count). The highest BCUT2D eigenvalue weighted by molar-refractivity contribution is 5.13. The molecule has 14 heavy (non-hydrogen) atoms. The number of hydrogen-bond donors (Lipinski definition) is 2. The predicted octanol–water partition coefficient (Wildman–Crippen LogP) is -0.518. The zero-order valence-corrected chi connectivity index (χ0v) is 8.04. The number of nitrogens with one attached hydrogen (secondary N) is 2. The molecule has 1 atom stereocenters. The number of rotatable bonds is 1. The fraction of sp³-hybridized carbons (Fsp3) is 0.556. The lowest BCUT2D eigenvalue weighted by Gasteiger charge is -2.08. The van der Waals surface area contributed by atoms with Crippen molar-refractivity contribution in [3.63, 3.8) is 0 Å². The molecule has 1 saturated heterocycles. The van der Waals surface area contributed by atoms with Crippen LogP contribution in [-0.2, 0) is 0 Å². The Kier molecular flexibility index (Phi) is 2.25. The quantitative estimate of drug-likeness (QED) is 0.633. The van der Waals surface area contributed by atoms with Gasteiger partial charge in [0, 0.05) is 24.2 Å². The monoisotopic (exact) mass is 195 g/mol. The van der Waals surface area contributed by atoms with Crippen molar-refractivity contribution in [2.24, 2.45) is 0 Å². The standard InChI is InChI=1S/C9H13N3O2/c1-12-3-2-6(5-12)7-4-10-9(14)11-8(7)13/h4,6H,2-3,5H2,1H3,(H2,10,11,13,14). The van der Waals surface area contributed by atoms with Gasteiger partial charge in [-0.1, -0.05) is 0 Å². The van der Waals surface area contributed by atoms with Gasteiger partial charge in [-0.2, -0.15) is 0 Å². The van der Waals surface area contributed by atoms with Crippen LogP contribution in [0.5, 0.6) is 0 Å². The summed E-state index contributed by atoms with van der Waals surface area (Å²) < 4.78 is 0. The molecule has 2 N–H and O–H groups in total. The molecule has 1 aliphatic heterocycles. The number of likely N-dealkylation sites (N-methyl/N-ethyl adjacent to an activating group) is 1. The highest BCUT2D eigenvalue weighted by Gasteiger charge is 2.23. The van der Waals surface area contributed by atoms with Gasteiger partial charge in [-0.15, -0.1) is 0 Å². The van der Waals surface area contributed by atoms with Gasteiger partial charge in [-0.25, -0.2) is 4.79 Å². The Bertz CT molecular complexity index is 434. The van der Waals surface area contributed by atoms with Crippen LogP contribution in [0, 0.1) is 0 Å². The lowest BCUT2D eigenvalue weighted by Crippen LogP contribution is -2.27. The van der Waals surface area contributed by atoms with Gasteiger partial charge in [-0.05, 0) is 20.0 Å². The van der Waals surface area contributed by atoms with Crippen molar-refractivity contribution in [1.29, 1.82) is 0 Å². The minimum Gasteiger partial charge on any atom is -0.314 e. The van der Waals surface area contributed by atoms with E-state index in [1.165, 1.54) is 6.20 Å². The molecule has 0 saturated carbocycles. The fourth-order valence-electron chi connectivity index (χ4n) is 1.91. The average molecular weight is 195 g/mol. The number of aromatic amines is 2. The average Bonchev–Trinajstić information content (AvgIpc) is 2.51. The summed E-state index contributed by atoms with van der Waals surface area (Å²) in [5.74, 6) is 0.251. The Morgan fingerprint density at radius 2 is 2.29 bits per heavy atom. The number of nitrogens with zero attached hydrogens (tertiary/aromatic N) is 1. The van der Waals surface area contributed by atoms with E-state index in [2.05, 4.69) is 14.9 Å². The summed E-state index contributed by atoms with van der Waals surface area (Å²) in [6.07, 6.45) is 2.51. The van der Waals surface area contributed by atoms with E-state index in [4.69, 9.17) is 0 Å². The van der Waals surface area contributed by atoms with Gasteiger partial charge in [-0.3, -0.25) is 9.78 Å². The van der Waals surface area contributed by atoms with Gasteiger partial charge < -0.3 is 9.88 Å². The molecule has 76 valence electrons. The zero-order chi connectivity index (χ0) is 10.1. The van der Waals surface area contributed by atoms with Gasteiger partial charge in [0.1, 0.15) is 0 Å². The molecule has 5 heteroatoms. The normalized spacial score (nSPS) is 22.8. The SMILES string of the molecule is CN1CCC(c2c[nH]c(=O)[nH]c2=O)C1. The second-order valence-corrected chi connectivity index (χ2v) is 3.78. The number of H-pyrrole nitrogens is 2. The molecule has 0 bridgehead atoms. The summed E-state index contributed by atoms with van der Waals surface area (Å²) >= 11 is 0. The lowest BCUT2D eigenvalue weighted by atomic mass is 10.0. The van der Waals surface area contributed by atoms with E-state index in [0.29, 0.717) is 5.56 Å². The molecule has 1 aliphatic rings. The summed E-state index contributed by atoms with van der Waals surface area (Å²) in [5.41, 5.74) is -0.00639. The Morgan fingerprint density at radius 3 is 2.86 bits per heavy atom. The lowest BCUT2D eigenvalue weighted by molar-refractivity contribution is 0.411. The molecule has 1 aromatic rings. The third-order valence-corrected chi connectivity index (χ3v) is 2.68. The Hall–Kier alpha value is -1.36. The maximum absolute atomic E-state index is 11.4. The number of likely N-dealkylation sites (tertiary alicyclic amines) is 1. The summed E-state index contributed by atoms with van der Waals surface area (Å²) in [6.45, 7) is 1.89. The van der Waals surface area contributed by atoms with Crippen molar-refractivity contribution < 1.29 is 0 Å². The van der Waals surface area contributed by atoms with Crippen LogP contribution in [0.3, 0.4) is 0 Å². The highest BCUT2D eigenvalue weighted by atomic mass is 16.2. The maximum atomic E-state index is 11.4. The summed E-state index contributed by atoms with van der Waals surface area (Å²) in [7, 11) is 2.03. The van der Waals surface area contributed by atoms with E-state index < -0.39 is 5.69 Å². The van der Waals surface area contributed by atoms with Gasteiger partial charge in [0.05, 0.1) is 0 Å². The molecule has 0 aliphatic carbocycles. The molecular formula is C9H13N3O2. The van der Waals surface area contributed by atoms with Crippen LogP contribution >= 0.6 is 0 Å². The molecule has 1 fully saturated rings. The van der Waals surface area contributed by atoms with Crippen LogP contribution in [0.25, 0.3) is 0 Å². The van der Waals surface area contributed by atoms with E-state index in [9.17, 15) is 9.59 Å². The van der Waals surface area contributed by atoms with Crippen LogP contribution in [-0.4, -0.2) is 35.0 Å². The van der Waals surface area contributed by atoms with Crippen molar-refractivity contribution in [3.05, 3.63) is 32.6 Å². The smallest absolute Gasteiger partial charge is 0.314 e. The molecule has 2 heterocycles. The Balaban J connectivity index is 2.33. The van der Waals surface area contributed by atoms with Crippen LogP contribution in [0.4, 0.5) is 0 Å². The first-order valence-corrected chi connectivity index (χ1v) is 4.67. The largest absolute Gasteiger partial charge is 0.325 e. The van der Waals surface area contributed by atoms with Crippen molar-refractivity contribution in [3.8, 4) is 0 Å². The molecule has 0 radical (unpaired) electrons. The van der Waals surface area contributed by atoms with Gasteiger partial charge in [0.15, 0.2) is 0 Å². The molecule has 1 unspecified atom stereocenters. The summed E-state index contributed by atoms with van der Waals surface area (Å²) in [6, 6.07) is 0. The van der Waals surface area contributed by atoms with Crippen molar-refractivity contribution in [1.82, 2.24) is 14.9 Å². The number of hydrogen-bond acceptors (Lipinski definition) is 3.